The molecule has 1 heterocycles. The fraction of sp³-hybridized carbons (Fsp3) is 0.261. The first-order chi connectivity index (χ1) is 16.1. The quantitative estimate of drug-likeness (QED) is 0.183. The van der Waals surface area contributed by atoms with Gasteiger partial charge in [-0.3, -0.25) is 14.5 Å². The van der Waals surface area contributed by atoms with E-state index in [9.17, 15) is 9.59 Å². The molecule has 1 fully saturated rings. The van der Waals surface area contributed by atoms with Gasteiger partial charge in [0, 0.05) is 6.42 Å². The number of rotatable bonds is 8. The van der Waals surface area contributed by atoms with Crippen molar-refractivity contribution < 1.29 is 19.1 Å². The van der Waals surface area contributed by atoms with Gasteiger partial charge in [0.1, 0.15) is 11.5 Å². The summed E-state index contributed by atoms with van der Waals surface area (Å²) in [5.74, 6) is 0.577. The highest BCUT2D eigenvalue weighted by Gasteiger charge is 2.36. The third kappa shape index (κ3) is 6.79. The number of ether oxygens (including phenoxy) is 2. The summed E-state index contributed by atoms with van der Waals surface area (Å²) in [4.78, 5) is 26.7. The number of carbonyl (C=O) groups excluding carboxylic acids is 2. The van der Waals surface area contributed by atoms with Crippen molar-refractivity contribution in [1.29, 1.82) is 0 Å². The Labute approximate surface area is 222 Å². The maximum Gasteiger partial charge on any atom is 0.270 e. The minimum absolute atomic E-state index is 0.210. The lowest BCUT2D eigenvalue weighted by Crippen LogP contribution is -2.47. The molecule has 1 N–H and O–H groups in total. The van der Waals surface area contributed by atoms with Crippen LogP contribution in [0.2, 0.25) is 0 Å². The first-order valence-corrected chi connectivity index (χ1v) is 12.6. The van der Waals surface area contributed by atoms with Gasteiger partial charge in [-0.05, 0) is 55.0 Å². The lowest BCUT2D eigenvalue weighted by Gasteiger charge is -2.26. The van der Waals surface area contributed by atoms with Crippen molar-refractivity contribution in [2.75, 3.05) is 11.5 Å². The van der Waals surface area contributed by atoms with E-state index in [1.54, 1.807) is 61.5 Å². The van der Waals surface area contributed by atoms with Crippen LogP contribution in [-0.4, -0.2) is 32.8 Å². The van der Waals surface area contributed by atoms with Crippen LogP contribution < -0.4 is 19.7 Å². The summed E-state index contributed by atoms with van der Waals surface area (Å²) in [6.07, 6.45) is 0.790. The molecule has 0 radical (unpaired) electrons. The van der Waals surface area contributed by atoms with Gasteiger partial charge in [0.15, 0.2) is 4.32 Å². The molecule has 0 spiro atoms. The fourth-order valence-electron chi connectivity index (χ4n) is 2.90. The second-order valence-corrected chi connectivity index (χ2v) is 11.0. The van der Waals surface area contributed by atoms with E-state index in [0.29, 0.717) is 27.3 Å². The lowest BCUT2D eigenvalue weighted by atomic mass is 10.2. The molecule has 0 aromatic heterocycles. The molecule has 2 aromatic carbocycles. The first-order valence-electron chi connectivity index (χ1n) is 10.3. The van der Waals surface area contributed by atoms with Crippen LogP contribution in [0.4, 0.5) is 5.69 Å². The zero-order chi connectivity index (χ0) is 24.9. The van der Waals surface area contributed by atoms with E-state index < -0.39 is 10.0 Å². The summed E-state index contributed by atoms with van der Waals surface area (Å²) < 4.78 is 9.68. The van der Waals surface area contributed by atoms with Crippen LogP contribution in [0, 0.1) is 0 Å². The molecule has 1 unspecified atom stereocenters. The normalized spacial score (nSPS) is 16.0. The van der Waals surface area contributed by atoms with Crippen molar-refractivity contribution in [2.45, 2.75) is 30.3 Å². The van der Waals surface area contributed by atoms with E-state index in [1.807, 2.05) is 6.92 Å². The highest BCUT2D eigenvalue weighted by atomic mass is 35.6. The highest BCUT2D eigenvalue weighted by Crippen LogP contribution is 2.37. The Morgan fingerprint density at radius 2 is 1.74 bits per heavy atom. The number of alkyl halides is 3. The average Bonchev–Trinajstić information content (AvgIpc) is 3.07. The number of thioether (sulfide) groups is 1. The number of carbonyl (C=O) groups is 2. The van der Waals surface area contributed by atoms with Crippen molar-refractivity contribution in [3.05, 3.63) is 59.0 Å². The Morgan fingerprint density at radius 3 is 2.29 bits per heavy atom. The van der Waals surface area contributed by atoms with E-state index in [2.05, 4.69) is 5.32 Å². The van der Waals surface area contributed by atoms with E-state index in [0.717, 1.165) is 11.3 Å². The highest BCUT2D eigenvalue weighted by molar-refractivity contribution is 8.27. The van der Waals surface area contributed by atoms with Gasteiger partial charge in [-0.1, -0.05) is 77.8 Å². The van der Waals surface area contributed by atoms with Gasteiger partial charge in [0.25, 0.3) is 5.91 Å². The largest absolute Gasteiger partial charge is 0.494 e. The topological polar surface area (TPSA) is 67.9 Å². The average molecular weight is 560 g/mol. The zero-order valence-electron chi connectivity index (χ0n) is 18.2. The number of hydrogen-bond acceptors (Lipinski definition) is 6. The molecule has 1 aliphatic heterocycles. The van der Waals surface area contributed by atoms with E-state index in [1.165, 1.54) is 16.7 Å². The molecule has 34 heavy (non-hydrogen) atoms. The van der Waals surface area contributed by atoms with Crippen LogP contribution in [0.15, 0.2) is 53.4 Å². The van der Waals surface area contributed by atoms with E-state index in [4.69, 9.17) is 56.5 Å². The van der Waals surface area contributed by atoms with Gasteiger partial charge >= 0.3 is 0 Å². The number of halogens is 3. The van der Waals surface area contributed by atoms with Crippen LogP contribution in [-0.2, 0) is 9.59 Å². The third-order valence-corrected chi connectivity index (χ3v) is 6.44. The van der Waals surface area contributed by atoms with Gasteiger partial charge in [-0.15, -0.1) is 0 Å². The molecular weight excluding hydrogens is 539 g/mol. The Hall–Kier alpha value is -1.97. The molecule has 180 valence electrons. The molecular formula is C23H21Cl3N2O4S2. The molecule has 3 rings (SSSR count). The molecule has 1 atom stereocenters. The Kier molecular flexibility index (Phi) is 9.12. The number of anilines is 1. The van der Waals surface area contributed by atoms with Gasteiger partial charge in [0.2, 0.25) is 15.9 Å². The van der Waals surface area contributed by atoms with Gasteiger partial charge in [0.05, 0.1) is 17.2 Å². The second kappa shape index (κ2) is 11.6. The van der Waals surface area contributed by atoms with Crippen molar-refractivity contribution in [3.63, 3.8) is 0 Å². The fourth-order valence-corrected chi connectivity index (χ4v) is 4.50. The molecule has 11 heteroatoms. The SMILES string of the molecule is CCOc1ccc(N2C(=O)/C(=C/c3ccc(OC(NC(=O)CC)C(Cl)(Cl)Cl)cc3)SC2=S)cc1. The Bertz CT molecular complexity index is 1090. The van der Waals surface area contributed by atoms with E-state index >= 15 is 0 Å². The summed E-state index contributed by atoms with van der Waals surface area (Å²) in [6, 6.07) is 14.0. The van der Waals surface area contributed by atoms with Crippen LogP contribution in [0.5, 0.6) is 11.5 Å². The predicted molar refractivity (Wildman–Crippen MR) is 143 cm³/mol. The smallest absolute Gasteiger partial charge is 0.270 e. The van der Waals surface area contributed by atoms with Gasteiger partial charge in [-0.2, -0.15) is 0 Å². The summed E-state index contributed by atoms with van der Waals surface area (Å²) in [5.41, 5.74) is 1.42. The number of benzene rings is 2. The van der Waals surface area contributed by atoms with Crippen LogP contribution in [0.3, 0.4) is 0 Å². The summed E-state index contributed by atoms with van der Waals surface area (Å²) in [7, 11) is 0. The molecule has 1 aliphatic rings. The molecule has 0 bridgehead atoms. The minimum Gasteiger partial charge on any atom is -0.494 e. The monoisotopic (exact) mass is 558 g/mol. The summed E-state index contributed by atoms with van der Waals surface area (Å²) >= 11 is 24.4. The van der Waals surface area contributed by atoms with Gasteiger partial charge < -0.3 is 14.8 Å². The van der Waals surface area contributed by atoms with Crippen molar-refractivity contribution in [3.8, 4) is 11.5 Å². The number of thiocarbonyl (C=S) groups is 1. The maximum absolute atomic E-state index is 13.0. The molecule has 2 amide bonds. The van der Waals surface area contributed by atoms with Crippen LogP contribution in [0.25, 0.3) is 6.08 Å². The lowest BCUT2D eigenvalue weighted by molar-refractivity contribution is -0.123. The molecule has 2 aromatic rings. The Balaban J connectivity index is 1.73. The molecule has 1 saturated heterocycles. The Morgan fingerprint density at radius 1 is 1.12 bits per heavy atom. The predicted octanol–water partition coefficient (Wildman–Crippen LogP) is 6.09. The molecule has 6 nitrogen and oxygen atoms in total. The second-order valence-electron chi connectivity index (χ2n) is 6.97. The number of nitrogens with zero attached hydrogens (tertiary/aromatic N) is 1. The zero-order valence-corrected chi connectivity index (χ0v) is 22.1. The van der Waals surface area contributed by atoms with Crippen LogP contribution in [0.1, 0.15) is 25.8 Å². The standard InChI is InChI=1S/C23H21Cl3N2O4S2/c1-3-19(29)27-21(23(24,25)26)32-17-9-5-14(6-10-17)13-18-20(30)28(22(33)34-18)15-7-11-16(12-8-15)31-4-2/h5-13,21H,3-4H2,1-2H3,(H,27,29)/b18-13-. The third-order valence-electron chi connectivity index (χ3n) is 4.54. The minimum atomic E-state index is -1.86. The molecule has 0 aliphatic carbocycles. The van der Waals surface area contributed by atoms with Crippen molar-refractivity contribution in [2.24, 2.45) is 0 Å². The number of hydrogen-bond donors (Lipinski definition) is 1. The summed E-state index contributed by atoms with van der Waals surface area (Å²) in [6.45, 7) is 4.15. The van der Waals surface area contributed by atoms with Gasteiger partial charge in [-0.25, -0.2) is 0 Å². The number of amides is 2. The van der Waals surface area contributed by atoms with Crippen molar-refractivity contribution in [1.82, 2.24) is 5.32 Å². The maximum atomic E-state index is 13.0. The van der Waals surface area contributed by atoms with E-state index in [-0.39, 0.29) is 18.2 Å². The molecule has 0 saturated carbocycles. The van der Waals surface area contributed by atoms with Crippen molar-refractivity contribution >= 4 is 86.7 Å². The van der Waals surface area contributed by atoms with Crippen LogP contribution >= 0.6 is 58.8 Å². The first kappa shape index (κ1) is 26.6. The number of nitrogens with one attached hydrogen (secondary N) is 1. The summed E-state index contributed by atoms with van der Waals surface area (Å²) in [5, 5.41) is 2.53.